The number of carbonyl (C=O) groups is 1. The van der Waals surface area contributed by atoms with Crippen molar-refractivity contribution in [3.05, 3.63) is 76.9 Å². The first-order valence-electron chi connectivity index (χ1n) is 10.1. The van der Waals surface area contributed by atoms with Gasteiger partial charge in [0.25, 0.3) is 0 Å². The summed E-state index contributed by atoms with van der Waals surface area (Å²) in [6.45, 7) is 3.39. The minimum absolute atomic E-state index is 0.246. The van der Waals surface area contributed by atoms with Crippen molar-refractivity contribution in [2.75, 3.05) is 13.7 Å². The standard InChI is InChI=1S/C24H26N2O3/c1-17-12-18(6-9-24(17)28-2)15-26-16-25-14-20(26)10-11-29-21-7-8-22-19(13-21)4-3-5-23(22)27/h6-9,12-14,16H,3-5,10-11,15H2,1-2H3. The second kappa shape index (κ2) is 8.52. The average Bonchev–Trinajstić information content (AvgIpc) is 3.15. The van der Waals surface area contributed by atoms with Crippen LogP contribution in [0.3, 0.4) is 0 Å². The molecule has 0 aliphatic heterocycles. The molecule has 5 nitrogen and oxygen atoms in total. The Morgan fingerprint density at radius 2 is 2.03 bits per heavy atom. The van der Waals surface area contributed by atoms with Crippen LogP contribution in [-0.2, 0) is 19.4 Å². The van der Waals surface area contributed by atoms with Crippen molar-refractivity contribution in [3.8, 4) is 11.5 Å². The SMILES string of the molecule is COc1ccc(Cn2cncc2CCOc2ccc3c(c2)CCCC3=O)cc1C. The molecule has 3 aromatic rings. The number of hydrogen-bond donors (Lipinski definition) is 0. The van der Waals surface area contributed by atoms with E-state index in [-0.39, 0.29) is 5.78 Å². The predicted molar refractivity (Wildman–Crippen MR) is 112 cm³/mol. The molecule has 1 heterocycles. The first kappa shape index (κ1) is 19.2. The van der Waals surface area contributed by atoms with Crippen molar-refractivity contribution in [2.24, 2.45) is 0 Å². The van der Waals surface area contributed by atoms with E-state index < -0.39 is 0 Å². The molecule has 5 heteroatoms. The monoisotopic (exact) mass is 390 g/mol. The van der Waals surface area contributed by atoms with Crippen molar-refractivity contribution in [1.29, 1.82) is 0 Å². The summed E-state index contributed by atoms with van der Waals surface area (Å²) in [7, 11) is 1.69. The summed E-state index contributed by atoms with van der Waals surface area (Å²) in [5.41, 5.74) is 5.44. The molecule has 150 valence electrons. The van der Waals surface area contributed by atoms with E-state index in [2.05, 4.69) is 28.6 Å². The summed E-state index contributed by atoms with van der Waals surface area (Å²) >= 11 is 0. The Labute approximate surface area is 171 Å². The maximum Gasteiger partial charge on any atom is 0.163 e. The topological polar surface area (TPSA) is 53.4 Å². The number of fused-ring (bicyclic) bond motifs is 1. The van der Waals surface area contributed by atoms with Crippen LogP contribution in [0.25, 0.3) is 0 Å². The number of methoxy groups -OCH3 is 1. The van der Waals surface area contributed by atoms with Gasteiger partial charge in [-0.15, -0.1) is 0 Å². The Morgan fingerprint density at radius 1 is 1.14 bits per heavy atom. The number of ether oxygens (including phenoxy) is 2. The molecule has 29 heavy (non-hydrogen) atoms. The van der Waals surface area contributed by atoms with Crippen LogP contribution in [0.5, 0.6) is 11.5 Å². The van der Waals surface area contributed by atoms with Crippen LogP contribution in [0.2, 0.25) is 0 Å². The predicted octanol–water partition coefficient (Wildman–Crippen LogP) is 4.39. The molecule has 0 fully saturated rings. The van der Waals surface area contributed by atoms with Gasteiger partial charge in [-0.05, 0) is 60.7 Å². The third-order valence-electron chi connectivity index (χ3n) is 5.46. The fraction of sp³-hybridized carbons (Fsp3) is 0.333. The fourth-order valence-electron chi connectivity index (χ4n) is 3.92. The van der Waals surface area contributed by atoms with Gasteiger partial charge in [0.05, 0.1) is 20.0 Å². The third-order valence-corrected chi connectivity index (χ3v) is 5.46. The minimum atomic E-state index is 0.246. The number of carbonyl (C=O) groups excluding carboxylic acids is 1. The Hall–Kier alpha value is -3.08. The lowest BCUT2D eigenvalue weighted by molar-refractivity contribution is 0.0972. The molecule has 0 unspecified atom stereocenters. The van der Waals surface area contributed by atoms with Gasteiger partial charge in [0, 0.05) is 36.8 Å². The van der Waals surface area contributed by atoms with Crippen molar-refractivity contribution in [3.63, 3.8) is 0 Å². The van der Waals surface area contributed by atoms with Crippen LogP contribution < -0.4 is 9.47 Å². The van der Waals surface area contributed by atoms with Crippen molar-refractivity contribution in [1.82, 2.24) is 9.55 Å². The summed E-state index contributed by atoms with van der Waals surface area (Å²) in [6.07, 6.45) is 7.06. The van der Waals surface area contributed by atoms with Gasteiger partial charge in [-0.2, -0.15) is 0 Å². The number of nitrogens with zero attached hydrogens (tertiary/aromatic N) is 2. The molecule has 1 aliphatic rings. The van der Waals surface area contributed by atoms with E-state index in [1.54, 1.807) is 7.11 Å². The van der Waals surface area contributed by atoms with Crippen LogP contribution in [-0.4, -0.2) is 29.1 Å². The van der Waals surface area contributed by atoms with Crippen LogP contribution in [0.15, 0.2) is 48.9 Å². The Balaban J connectivity index is 1.37. The Kier molecular flexibility index (Phi) is 5.65. The number of Topliss-reactive ketones (excluding diaryl/α,β-unsaturated/α-hetero) is 1. The highest BCUT2D eigenvalue weighted by molar-refractivity contribution is 5.98. The van der Waals surface area contributed by atoms with Crippen molar-refractivity contribution < 1.29 is 14.3 Å². The molecular formula is C24H26N2O3. The van der Waals surface area contributed by atoms with Gasteiger partial charge >= 0.3 is 0 Å². The molecule has 1 aromatic heterocycles. The van der Waals surface area contributed by atoms with Crippen LogP contribution in [0, 0.1) is 6.92 Å². The van der Waals surface area contributed by atoms with E-state index in [1.807, 2.05) is 36.8 Å². The summed E-state index contributed by atoms with van der Waals surface area (Å²) in [5, 5.41) is 0. The second-order valence-corrected chi connectivity index (χ2v) is 7.51. The molecule has 0 saturated heterocycles. The lowest BCUT2D eigenvalue weighted by atomic mass is 9.90. The number of aryl methyl sites for hydroxylation is 2. The number of hydrogen-bond acceptors (Lipinski definition) is 4. The molecule has 0 spiro atoms. The molecule has 0 saturated carbocycles. The molecule has 0 atom stereocenters. The molecule has 2 aromatic carbocycles. The fourth-order valence-corrected chi connectivity index (χ4v) is 3.92. The zero-order valence-electron chi connectivity index (χ0n) is 17.0. The van der Waals surface area contributed by atoms with Gasteiger partial charge in [0.1, 0.15) is 11.5 Å². The summed E-state index contributed by atoms with van der Waals surface area (Å²) in [5.74, 6) is 1.98. The highest BCUT2D eigenvalue weighted by Gasteiger charge is 2.17. The van der Waals surface area contributed by atoms with Gasteiger partial charge < -0.3 is 14.0 Å². The first-order chi connectivity index (χ1) is 14.1. The molecule has 0 radical (unpaired) electrons. The van der Waals surface area contributed by atoms with Crippen molar-refractivity contribution >= 4 is 5.78 Å². The maximum absolute atomic E-state index is 12.0. The van der Waals surface area contributed by atoms with Crippen LogP contribution in [0.4, 0.5) is 0 Å². The van der Waals surface area contributed by atoms with E-state index in [9.17, 15) is 4.79 Å². The highest BCUT2D eigenvalue weighted by Crippen LogP contribution is 2.25. The third kappa shape index (κ3) is 4.34. The summed E-state index contributed by atoms with van der Waals surface area (Å²) in [6, 6.07) is 12.1. The van der Waals surface area contributed by atoms with Gasteiger partial charge in [-0.1, -0.05) is 12.1 Å². The quantitative estimate of drug-likeness (QED) is 0.600. The smallest absolute Gasteiger partial charge is 0.163 e. The van der Waals surface area contributed by atoms with Crippen LogP contribution in [0.1, 0.15) is 45.6 Å². The minimum Gasteiger partial charge on any atom is -0.496 e. The Morgan fingerprint density at radius 3 is 2.86 bits per heavy atom. The van der Waals surface area contributed by atoms with E-state index in [1.165, 1.54) is 5.56 Å². The van der Waals surface area contributed by atoms with Gasteiger partial charge in [-0.3, -0.25) is 4.79 Å². The molecule has 4 rings (SSSR count). The van der Waals surface area contributed by atoms with Gasteiger partial charge in [-0.25, -0.2) is 4.98 Å². The number of ketones is 1. The lowest BCUT2D eigenvalue weighted by Crippen LogP contribution is -2.11. The lowest BCUT2D eigenvalue weighted by Gasteiger charge is -2.16. The van der Waals surface area contributed by atoms with Crippen LogP contribution >= 0.6 is 0 Å². The van der Waals surface area contributed by atoms with Gasteiger partial charge in [0.15, 0.2) is 5.78 Å². The number of rotatable bonds is 7. The van der Waals surface area contributed by atoms with E-state index in [4.69, 9.17) is 9.47 Å². The summed E-state index contributed by atoms with van der Waals surface area (Å²) < 4.78 is 13.5. The molecule has 1 aliphatic carbocycles. The number of benzene rings is 2. The first-order valence-corrected chi connectivity index (χ1v) is 10.1. The van der Waals surface area contributed by atoms with Crippen molar-refractivity contribution in [2.45, 2.75) is 39.2 Å². The second-order valence-electron chi connectivity index (χ2n) is 7.51. The zero-order valence-corrected chi connectivity index (χ0v) is 17.0. The summed E-state index contributed by atoms with van der Waals surface area (Å²) in [4.78, 5) is 16.3. The number of aromatic nitrogens is 2. The number of imidazole rings is 1. The van der Waals surface area contributed by atoms with E-state index >= 15 is 0 Å². The maximum atomic E-state index is 12.0. The largest absolute Gasteiger partial charge is 0.496 e. The Bertz CT molecular complexity index is 1020. The molecular weight excluding hydrogens is 364 g/mol. The highest BCUT2D eigenvalue weighted by atomic mass is 16.5. The molecule has 0 bridgehead atoms. The molecule has 0 amide bonds. The van der Waals surface area contributed by atoms with E-state index in [0.29, 0.717) is 13.0 Å². The zero-order chi connectivity index (χ0) is 20.2. The normalized spacial score (nSPS) is 13.2. The average molecular weight is 390 g/mol. The molecule has 0 N–H and O–H groups in total. The van der Waals surface area contributed by atoms with E-state index in [0.717, 1.165) is 59.7 Å². The van der Waals surface area contributed by atoms with Gasteiger partial charge in [0.2, 0.25) is 0 Å².